The molecule has 100 valence electrons. The van der Waals surface area contributed by atoms with Crippen molar-refractivity contribution in [2.75, 3.05) is 0 Å². The van der Waals surface area contributed by atoms with E-state index in [0.717, 1.165) is 18.5 Å². The summed E-state index contributed by atoms with van der Waals surface area (Å²) in [6.45, 7) is 2.17. The topological polar surface area (TPSA) is 51.8 Å². The lowest BCUT2D eigenvalue weighted by Crippen LogP contribution is -2.14. The number of nitrogens with zero attached hydrogens (tertiary/aromatic N) is 2. The highest BCUT2D eigenvalue weighted by Crippen LogP contribution is 2.53. The molecule has 2 aromatic rings. The van der Waals surface area contributed by atoms with Crippen LogP contribution in [-0.4, -0.2) is 9.59 Å². The second kappa shape index (κ2) is 5.39. The molecule has 0 bridgehead atoms. The molecule has 0 aliphatic heterocycles. The van der Waals surface area contributed by atoms with Gasteiger partial charge in [0.2, 0.25) is 0 Å². The maximum atomic E-state index is 6.43. The van der Waals surface area contributed by atoms with E-state index in [9.17, 15) is 0 Å². The zero-order valence-corrected chi connectivity index (χ0v) is 11.9. The van der Waals surface area contributed by atoms with Crippen molar-refractivity contribution in [2.45, 2.75) is 38.1 Å². The van der Waals surface area contributed by atoms with Crippen LogP contribution in [0.5, 0.6) is 0 Å². The van der Waals surface area contributed by atoms with Crippen molar-refractivity contribution in [2.24, 2.45) is 11.7 Å². The zero-order chi connectivity index (χ0) is 13.2. The predicted octanol–water partition coefficient (Wildman–Crippen LogP) is 3.29. The van der Waals surface area contributed by atoms with Crippen molar-refractivity contribution in [1.82, 2.24) is 9.59 Å². The lowest BCUT2D eigenvalue weighted by molar-refractivity contribution is 0.616. The van der Waals surface area contributed by atoms with Crippen LogP contribution in [-0.2, 0) is 6.42 Å². The monoisotopic (exact) mass is 273 g/mol. The fourth-order valence-electron chi connectivity index (χ4n) is 2.77. The van der Waals surface area contributed by atoms with E-state index < -0.39 is 0 Å². The average Bonchev–Trinajstić information content (AvgIpc) is 3.12. The largest absolute Gasteiger partial charge is 0.323 e. The van der Waals surface area contributed by atoms with Crippen LogP contribution in [0.3, 0.4) is 0 Å². The third kappa shape index (κ3) is 2.55. The molecule has 1 aromatic carbocycles. The number of hydrogen-bond donors (Lipinski definition) is 1. The molecular formula is C15H19N3S. The van der Waals surface area contributed by atoms with Gasteiger partial charge in [0.25, 0.3) is 0 Å². The van der Waals surface area contributed by atoms with E-state index in [0.29, 0.717) is 11.8 Å². The molecular weight excluding hydrogens is 254 g/mol. The smallest absolute Gasteiger partial charge is 0.0803 e. The molecule has 1 aliphatic carbocycles. The van der Waals surface area contributed by atoms with Crippen LogP contribution in [0.15, 0.2) is 30.3 Å². The van der Waals surface area contributed by atoms with Crippen molar-refractivity contribution in [1.29, 1.82) is 0 Å². The Labute approximate surface area is 118 Å². The predicted molar refractivity (Wildman–Crippen MR) is 78.1 cm³/mol. The molecule has 0 radical (unpaired) electrons. The molecule has 1 aromatic heterocycles. The number of benzene rings is 1. The van der Waals surface area contributed by atoms with Crippen LogP contribution in [0.1, 0.15) is 47.9 Å². The molecule has 4 heteroatoms. The number of aromatic nitrogens is 2. The van der Waals surface area contributed by atoms with Gasteiger partial charge in [-0.25, -0.2) is 0 Å². The maximum Gasteiger partial charge on any atom is 0.0803 e. The van der Waals surface area contributed by atoms with Crippen LogP contribution in [0.2, 0.25) is 0 Å². The quantitative estimate of drug-likeness (QED) is 0.909. The van der Waals surface area contributed by atoms with Gasteiger partial charge in [0.05, 0.1) is 10.6 Å². The summed E-state index contributed by atoms with van der Waals surface area (Å²) >= 11 is 1.48. The Bertz CT molecular complexity index is 537. The minimum Gasteiger partial charge on any atom is -0.323 e. The Morgan fingerprint density at radius 3 is 2.89 bits per heavy atom. The molecule has 0 amide bonds. The van der Waals surface area contributed by atoms with E-state index in [1.807, 2.05) is 0 Å². The summed E-state index contributed by atoms with van der Waals surface area (Å²) in [5.41, 5.74) is 8.96. The molecule has 2 N–H and O–H groups in total. The molecule has 19 heavy (non-hydrogen) atoms. The van der Waals surface area contributed by atoms with Crippen molar-refractivity contribution in [3.05, 3.63) is 46.5 Å². The standard InChI is InChI=1S/C15H19N3S/c1-2-6-13-15(19-18-17-13)14(16)12-9-11(12)10-7-4-3-5-8-10/h3-5,7-8,11-12,14H,2,6,9,16H2,1H3. The summed E-state index contributed by atoms with van der Waals surface area (Å²) in [4.78, 5) is 1.20. The molecule has 1 fully saturated rings. The molecule has 3 rings (SSSR count). The molecule has 3 atom stereocenters. The van der Waals surface area contributed by atoms with Gasteiger partial charge in [-0.3, -0.25) is 0 Å². The summed E-state index contributed by atoms with van der Waals surface area (Å²) in [6.07, 6.45) is 3.27. The third-order valence-electron chi connectivity index (χ3n) is 3.90. The van der Waals surface area contributed by atoms with Crippen LogP contribution in [0.25, 0.3) is 0 Å². The van der Waals surface area contributed by atoms with Gasteiger partial charge in [0.1, 0.15) is 0 Å². The Morgan fingerprint density at radius 1 is 1.37 bits per heavy atom. The van der Waals surface area contributed by atoms with Gasteiger partial charge in [-0.05, 0) is 41.8 Å². The van der Waals surface area contributed by atoms with Gasteiger partial charge in [-0.1, -0.05) is 48.2 Å². The summed E-state index contributed by atoms with van der Waals surface area (Å²) in [5.74, 6) is 1.17. The van der Waals surface area contributed by atoms with Gasteiger partial charge in [-0.2, -0.15) is 0 Å². The van der Waals surface area contributed by atoms with Crippen LogP contribution < -0.4 is 5.73 Å². The maximum absolute atomic E-state index is 6.43. The van der Waals surface area contributed by atoms with E-state index in [4.69, 9.17) is 5.73 Å². The lowest BCUT2D eigenvalue weighted by atomic mass is 10.0. The molecule has 0 saturated heterocycles. The minimum absolute atomic E-state index is 0.103. The second-order valence-electron chi connectivity index (χ2n) is 5.28. The number of aryl methyl sites for hydroxylation is 1. The van der Waals surface area contributed by atoms with Crippen LogP contribution >= 0.6 is 11.5 Å². The molecule has 1 saturated carbocycles. The summed E-state index contributed by atoms with van der Waals surface area (Å²) < 4.78 is 4.08. The van der Waals surface area contributed by atoms with E-state index in [2.05, 4.69) is 46.8 Å². The average molecular weight is 273 g/mol. The molecule has 1 heterocycles. The fourth-order valence-corrected chi connectivity index (χ4v) is 3.54. The van der Waals surface area contributed by atoms with E-state index in [-0.39, 0.29) is 6.04 Å². The van der Waals surface area contributed by atoms with Gasteiger partial charge in [0.15, 0.2) is 0 Å². The van der Waals surface area contributed by atoms with Crippen molar-refractivity contribution in [3.8, 4) is 0 Å². The highest BCUT2D eigenvalue weighted by Gasteiger charge is 2.44. The fraction of sp³-hybridized carbons (Fsp3) is 0.467. The Morgan fingerprint density at radius 2 is 2.16 bits per heavy atom. The van der Waals surface area contributed by atoms with E-state index in [1.54, 1.807) is 0 Å². The van der Waals surface area contributed by atoms with Crippen LogP contribution in [0.4, 0.5) is 0 Å². The Kier molecular flexibility index (Phi) is 3.62. The Hall–Kier alpha value is -1.26. The first kappa shape index (κ1) is 12.8. The van der Waals surface area contributed by atoms with Gasteiger partial charge in [0, 0.05) is 6.04 Å². The number of hydrogen-bond acceptors (Lipinski definition) is 4. The van der Waals surface area contributed by atoms with E-state index in [1.165, 1.54) is 28.4 Å². The van der Waals surface area contributed by atoms with Crippen molar-refractivity contribution < 1.29 is 0 Å². The summed E-state index contributed by atoms with van der Waals surface area (Å²) in [7, 11) is 0. The highest BCUT2D eigenvalue weighted by atomic mass is 32.1. The highest BCUT2D eigenvalue weighted by molar-refractivity contribution is 7.05. The second-order valence-corrected chi connectivity index (χ2v) is 6.06. The lowest BCUT2D eigenvalue weighted by Gasteiger charge is -2.10. The Balaban J connectivity index is 1.72. The van der Waals surface area contributed by atoms with Gasteiger partial charge < -0.3 is 5.73 Å². The molecule has 3 nitrogen and oxygen atoms in total. The first-order valence-corrected chi connectivity index (χ1v) is 7.70. The first-order chi connectivity index (χ1) is 9.31. The van der Waals surface area contributed by atoms with Crippen molar-refractivity contribution >= 4 is 11.5 Å². The van der Waals surface area contributed by atoms with Crippen LogP contribution in [0, 0.1) is 5.92 Å². The number of nitrogens with two attached hydrogens (primary N) is 1. The molecule has 0 spiro atoms. The zero-order valence-electron chi connectivity index (χ0n) is 11.1. The van der Waals surface area contributed by atoms with Crippen molar-refractivity contribution in [3.63, 3.8) is 0 Å². The minimum atomic E-state index is 0.103. The SMILES string of the molecule is CCCc1nnsc1C(N)C1CC1c1ccccc1. The number of rotatable bonds is 5. The summed E-state index contributed by atoms with van der Waals surface area (Å²) in [5, 5.41) is 4.22. The third-order valence-corrected chi connectivity index (χ3v) is 4.77. The molecule has 1 aliphatic rings. The van der Waals surface area contributed by atoms with Gasteiger partial charge >= 0.3 is 0 Å². The first-order valence-electron chi connectivity index (χ1n) is 6.93. The normalized spacial score (nSPS) is 23.3. The summed E-state index contributed by atoms with van der Waals surface area (Å²) in [6, 6.07) is 10.8. The van der Waals surface area contributed by atoms with Gasteiger partial charge in [-0.15, -0.1) is 5.10 Å². The van der Waals surface area contributed by atoms with E-state index >= 15 is 0 Å². The molecule has 3 unspecified atom stereocenters.